The minimum Gasteiger partial charge on any atom is -0.339 e. The summed E-state index contributed by atoms with van der Waals surface area (Å²) in [6.45, 7) is 0.357. The second-order valence-corrected chi connectivity index (χ2v) is 7.05. The molecule has 108 valence electrons. The Morgan fingerprint density at radius 2 is 1.95 bits per heavy atom. The fraction of sp³-hybridized carbons (Fsp3) is 0.500. The van der Waals surface area contributed by atoms with E-state index in [1.54, 1.807) is 4.90 Å². The fourth-order valence-electron chi connectivity index (χ4n) is 3.11. The van der Waals surface area contributed by atoms with Crippen LogP contribution in [0.1, 0.15) is 24.3 Å². The summed E-state index contributed by atoms with van der Waals surface area (Å²) in [5, 5.41) is 0. The van der Waals surface area contributed by atoms with Gasteiger partial charge in [0.15, 0.2) is 0 Å². The van der Waals surface area contributed by atoms with Crippen LogP contribution in [-0.2, 0) is 15.0 Å². The second kappa shape index (κ2) is 4.84. The molecule has 20 heavy (non-hydrogen) atoms. The summed E-state index contributed by atoms with van der Waals surface area (Å²) in [4.78, 5) is 13.7. The van der Waals surface area contributed by atoms with E-state index in [-0.39, 0.29) is 18.4 Å². The van der Waals surface area contributed by atoms with Crippen molar-refractivity contribution in [1.29, 1.82) is 0 Å². The predicted molar refractivity (Wildman–Crippen MR) is 72.3 cm³/mol. The van der Waals surface area contributed by atoms with E-state index in [4.69, 9.17) is 0 Å². The lowest BCUT2D eigenvalue weighted by atomic mass is 10.1. The van der Waals surface area contributed by atoms with Gasteiger partial charge in [0.2, 0.25) is 5.91 Å². The Bertz CT molecular complexity index is 617. The van der Waals surface area contributed by atoms with Gasteiger partial charge in [-0.25, -0.2) is 0 Å². The molecule has 2 fully saturated rings. The van der Waals surface area contributed by atoms with E-state index in [9.17, 15) is 17.1 Å². The largest absolute Gasteiger partial charge is 0.339 e. The van der Waals surface area contributed by atoms with E-state index in [0.29, 0.717) is 12.5 Å². The zero-order valence-electron chi connectivity index (χ0n) is 10.9. The minimum absolute atomic E-state index is 0.0536. The van der Waals surface area contributed by atoms with Crippen LogP contribution in [-0.4, -0.2) is 37.6 Å². The van der Waals surface area contributed by atoms with Gasteiger partial charge in [-0.05, 0) is 12.0 Å². The third-order valence-corrected chi connectivity index (χ3v) is 4.93. The molecule has 1 saturated heterocycles. The van der Waals surface area contributed by atoms with Crippen molar-refractivity contribution >= 4 is 16.1 Å². The Kier molecular flexibility index (Phi) is 3.28. The number of hydrogen-bond acceptors (Lipinski definition) is 3. The highest BCUT2D eigenvalue weighted by atomic mass is 32.3. The van der Waals surface area contributed by atoms with Crippen LogP contribution in [0, 0.1) is 5.92 Å². The van der Waals surface area contributed by atoms with Crippen LogP contribution in [0.4, 0.5) is 3.89 Å². The number of rotatable bonds is 4. The van der Waals surface area contributed by atoms with Gasteiger partial charge in [0.05, 0.1) is 5.75 Å². The summed E-state index contributed by atoms with van der Waals surface area (Å²) in [7, 11) is -4.50. The maximum absolute atomic E-state index is 12.7. The molecule has 1 amide bonds. The molecule has 1 aromatic rings. The average Bonchev–Trinajstić information content (AvgIpc) is 3.08. The molecule has 3 unspecified atom stereocenters. The topological polar surface area (TPSA) is 54.5 Å². The van der Waals surface area contributed by atoms with Gasteiger partial charge in [-0.2, -0.15) is 8.42 Å². The Labute approximate surface area is 117 Å². The van der Waals surface area contributed by atoms with Crippen LogP contribution in [0.15, 0.2) is 30.3 Å². The number of hydrogen-bond donors (Lipinski definition) is 0. The summed E-state index contributed by atoms with van der Waals surface area (Å²) in [6, 6.07) is 10.1. The second-order valence-electron chi connectivity index (χ2n) is 5.64. The highest BCUT2D eigenvalue weighted by Gasteiger charge is 2.48. The lowest BCUT2D eigenvalue weighted by molar-refractivity contribution is -0.128. The van der Waals surface area contributed by atoms with E-state index in [1.165, 1.54) is 5.56 Å². The minimum atomic E-state index is -4.50. The Hall–Kier alpha value is -1.43. The number of carbonyl (C=O) groups excluding carboxylic acids is 1. The standard InChI is InChI=1S/C14H16FNO3S/c15-20(18,19)9-10-6-14(17)16(8-10)13-7-12(13)11-4-2-1-3-5-11/h1-5,10,12-13H,6-9H2. The van der Waals surface area contributed by atoms with Gasteiger partial charge < -0.3 is 4.90 Å². The van der Waals surface area contributed by atoms with E-state index in [1.807, 2.05) is 30.3 Å². The van der Waals surface area contributed by atoms with Crippen molar-refractivity contribution in [3.05, 3.63) is 35.9 Å². The molecule has 3 rings (SSSR count). The molecule has 1 aromatic carbocycles. The number of likely N-dealkylation sites (tertiary alicyclic amines) is 1. The van der Waals surface area contributed by atoms with Crippen LogP contribution in [0.5, 0.6) is 0 Å². The third-order valence-electron chi connectivity index (χ3n) is 4.06. The van der Waals surface area contributed by atoms with Crippen LogP contribution < -0.4 is 0 Å². The van der Waals surface area contributed by atoms with Crippen molar-refractivity contribution in [2.45, 2.75) is 24.8 Å². The zero-order valence-corrected chi connectivity index (χ0v) is 11.7. The Morgan fingerprint density at radius 3 is 2.60 bits per heavy atom. The van der Waals surface area contributed by atoms with Crippen molar-refractivity contribution in [2.75, 3.05) is 12.3 Å². The van der Waals surface area contributed by atoms with E-state index < -0.39 is 21.9 Å². The summed E-state index contributed by atoms with van der Waals surface area (Å²) in [5.74, 6) is -0.671. The molecule has 1 aliphatic carbocycles. The maximum Gasteiger partial charge on any atom is 0.302 e. The summed E-state index contributed by atoms with van der Waals surface area (Å²) < 4.78 is 34.0. The Balaban J connectivity index is 1.64. The molecule has 2 aliphatic rings. The fourth-order valence-corrected chi connectivity index (χ4v) is 3.89. The van der Waals surface area contributed by atoms with E-state index >= 15 is 0 Å². The maximum atomic E-state index is 12.7. The number of nitrogens with zero attached hydrogens (tertiary/aromatic N) is 1. The molecule has 0 spiro atoms. The van der Waals surface area contributed by atoms with Gasteiger partial charge in [0, 0.05) is 30.8 Å². The molecular weight excluding hydrogens is 281 g/mol. The van der Waals surface area contributed by atoms with Crippen molar-refractivity contribution < 1.29 is 17.1 Å². The van der Waals surface area contributed by atoms with Gasteiger partial charge in [-0.15, -0.1) is 3.89 Å². The molecule has 0 aromatic heterocycles. The highest BCUT2D eigenvalue weighted by Crippen LogP contribution is 2.46. The van der Waals surface area contributed by atoms with Gasteiger partial charge in [-0.3, -0.25) is 4.79 Å². The summed E-state index contributed by atoms with van der Waals surface area (Å²) >= 11 is 0. The van der Waals surface area contributed by atoms with Crippen LogP contribution in [0.2, 0.25) is 0 Å². The van der Waals surface area contributed by atoms with Crippen LogP contribution >= 0.6 is 0 Å². The normalized spacial score (nSPS) is 29.8. The van der Waals surface area contributed by atoms with Crippen molar-refractivity contribution in [2.24, 2.45) is 5.92 Å². The highest BCUT2D eigenvalue weighted by molar-refractivity contribution is 7.86. The molecule has 1 saturated carbocycles. The van der Waals surface area contributed by atoms with Gasteiger partial charge in [0.1, 0.15) is 0 Å². The first-order valence-corrected chi connectivity index (χ1v) is 8.26. The average molecular weight is 297 g/mol. The first kappa shape index (κ1) is 13.5. The first-order valence-electron chi connectivity index (χ1n) is 6.71. The van der Waals surface area contributed by atoms with Gasteiger partial charge >= 0.3 is 10.2 Å². The molecule has 0 radical (unpaired) electrons. The summed E-state index contributed by atoms with van der Waals surface area (Å²) in [5.41, 5.74) is 1.20. The molecule has 1 heterocycles. The Morgan fingerprint density at radius 1 is 1.25 bits per heavy atom. The molecule has 1 aliphatic heterocycles. The van der Waals surface area contributed by atoms with Crippen LogP contribution in [0.3, 0.4) is 0 Å². The monoisotopic (exact) mass is 297 g/mol. The van der Waals surface area contributed by atoms with Crippen molar-refractivity contribution in [1.82, 2.24) is 4.90 Å². The van der Waals surface area contributed by atoms with Crippen molar-refractivity contribution in [3.8, 4) is 0 Å². The van der Waals surface area contributed by atoms with Gasteiger partial charge in [0.25, 0.3) is 0 Å². The third kappa shape index (κ3) is 2.85. The smallest absolute Gasteiger partial charge is 0.302 e. The number of carbonyl (C=O) groups is 1. The number of halogens is 1. The molecule has 3 atom stereocenters. The molecule has 0 bridgehead atoms. The predicted octanol–water partition coefficient (Wildman–Crippen LogP) is 1.69. The quantitative estimate of drug-likeness (QED) is 0.795. The molecule has 0 N–H and O–H groups in total. The van der Waals surface area contributed by atoms with Crippen molar-refractivity contribution in [3.63, 3.8) is 0 Å². The lowest BCUT2D eigenvalue weighted by Gasteiger charge is -2.16. The zero-order chi connectivity index (χ0) is 14.3. The summed E-state index contributed by atoms with van der Waals surface area (Å²) in [6.07, 6.45) is 1.05. The molecule has 4 nitrogen and oxygen atoms in total. The lowest BCUT2D eigenvalue weighted by Crippen LogP contribution is -2.29. The molecular formula is C14H16FNO3S. The van der Waals surface area contributed by atoms with Gasteiger partial charge in [-0.1, -0.05) is 30.3 Å². The van der Waals surface area contributed by atoms with Crippen LogP contribution in [0.25, 0.3) is 0 Å². The first-order chi connectivity index (χ1) is 9.44. The molecule has 6 heteroatoms. The number of benzene rings is 1. The number of amides is 1. The SMILES string of the molecule is O=C1CC(CS(=O)(=O)F)CN1C1CC1c1ccccc1. The van der Waals surface area contributed by atoms with E-state index in [2.05, 4.69) is 0 Å². The van der Waals surface area contributed by atoms with E-state index in [0.717, 1.165) is 6.42 Å².